The molecule has 0 aliphatic heterocycles. The Labute approximate surface area is 144 Å². The summed E-state index contributed by atoms with van der Waals surface area (Å²) in [6.45, 7) is 4.08. The fourth-order valence-corrected chi connectivity index (χ4v) is 2.65. The highest BCUT2D eigenvalue weighted by molar-refractivity contribution is 6.07. The van der Waals surface area contributed by atoms with Crippen LogP contribution in [0.4, 0.5) is 11.5 Å². The minimum atomic E-state index is -0.229. The molecule has 24 heavy (non-hydrogen) atoms. The molecule has 0 unspecified atom stereocenters. The van der Waals surface area contributed by atoms with Crippen molar-refractivity contribution >= 4 is 17.4 Å². The average Bonchev–Trinajstić information content (AvgIpc) is 2.56. The van der Waals surface area contributed by atoms with E-state index in [2.05, 4.69) is 29.4 Å². The predicted molar refractivity (Wildman–Crippen MR) is 100 cm³/mol. The Balaban J connectivity index is 1.88. The van der Waals surface area contributed by atoms with E-state index in [9.17, 15) is 4.79 Å². The fraction of sp³-hybridized carbons (Fsp3) is 0.400. The maximum atomic E-state index is 12.3. The van der Waals surface area contributed by atoms with E-state index in [0.717, 1.165) is 17.8 Å². The van der Waals surface area contributed by atoms with Gasteiger partial charge in [-0.3, -0.25) is 4.79 Å². The summed E-state index contributed by atoms with van der Waals surface area (Å²) in [5, 5.41) is 2.87. The first kappa shape index (κ1) is 18.0. The quantitative estimate of drug-likeness (QED) is 0.689. The molecule has 0 fully saturated rings. The predicted octanol–water partition coefficient (Wildman–Crippen LogP) is 4.74. The number of rotatable bonds is 8. The van der Waals surface area contributed by atoms with E-state index >= 15 is 0 Å². The van der Waals surface area contributed by atoms with Gasteiger partial charge in [-0.25, -0.2) is 4.98 Å². The van der Waals surface area contributed by atoms with Gasteiger partial charge in [-0.05, 0) is 49.6 Å². The van der Waals surface area contributed by atoms with Crippen molar-refractivity contribution in [3.63, 3.8) is 0 Å². The summed E-state index contributed by atoms with van der Waals surface area (Å²) in [6, 6.07) is 11.5. The molecule has 1 aromatic heterocycles. The number of nitrogens with two attached hydrogens (primary N) is 1. The molecule has 1 amide bonds. The van der Waals surface area contributed by atoms with Crippen LogP contribution in [0.5, 0.6) is 0 Å². The lowest BCUT2D eigenvalue weighted by molar-refractivity contribution is 0.102. The maximum Gasteiger partial charge on any atom is 0.259 e. The molecule has 0 spiro atoms. The molecular formula is C20H27N3O. The Morgan fingerprint density at radius 3 is 2.42 bits per heavy atom. The van der Waals surface area contributed by atoms with Crippen LogP contribution >= 0.6 is 0 Å². The molecule has 4 heteroatoms. The van der Waals surface area contributed by atoms with Gasteiger partial charge in [0.2, 0.25) is 0 Å². The van der Waals surface area contributed by atoms with Crippen LogP contribution in [0.1, 0.15) is 60.6 Å². The van der Waals surface area contributed by atoms with E-state index in [0.29, 0.717) is 5.56 Å². The minimum Gasteiger partial charge on any atom is -0.383 e. The minimum absolute atomic E-state index is 0.229. The van der Waals surface area contributed by atoms with Gasteiger partial charge in [-0.1, -0.05) is 44.7 Å². The zero-order valence-electron chi connectivity index (χ0n) is 14.6. The zero-order valence-corrected chi connectivity index (χ0v) is 14.6. The number of hydrogen-bond acceptors (Lipinski definition) is 3. The van der Waals surface area contributed by atoms with Gasteiger partial charge in [0.1, 0.15) is 5.82 Å². The number of nitrogens with zero attached hydrogens (tertiary/aromatic N) is 1. The van der Waals surface area contributed by atoms with Crippen molar-refractivity contribution in [2.75, 3.05) is 11.1 Å². The molecule has 1 aromatic carbocycles. The fourth-order valence-electron chi connectivity index (χ4n) is 2.65. The highest BCUT2D eigenvalue weighted by Gasteiger charge is 2.11. The second-order valence-electron chi connectivity index (χ2n) is 6.20. The highest BCUT2D eigenvalue weighted by Crippen LogP contribution is 2.16. The summed E-state index contributed by atoms with van der Waals surface area (Å²) < 4.78 is 0. The molecule has 0 aliphatic carbocycles. The Hall–Kier alpha value is -2.36. The number of nitrogens with one attached hydrogen (secondary N) is 1. The molecule has 2 rings (SSSR count). The summed E-state index contributed by atoms with van der Waals surface area (Å²) in [5.41, 5.74) is 9.10. The molecule has 0 bridgehead atoms. The number of aryl methyl sites for hydroxylation is 2. The van der Waals surface area contributed by atoms with E-state index in [1.54, 1.807) is 12.1 Å². The van der Waals surface area contributed by atoms with Gasteiger partial charge in [-0.15, -0.1) is 0 Å². The van der Waals surface area contributed by atoms with E-state index in [1.165, 1.54) is 37.7 Å². The summed E-state index contributed by atoms with van der Waals surface area (Å²) in [7, 11) is 0. The second kappa shape index (κ2) is 9.06. The van der Waals surface area contributed by atoms with Crippen molar-refractivity contribution in [1.82, 2.24) is 4.98 Å². The second-order valence-corrected chi connectivity index (χ2v) is 6.20. The average molecular weight is 325 g/mol. The van der Waals surface area contributed by atoms with Crippen LogP contribution in [0.2, 0.25) is 0 Å². The summed E-state index contributed by atoms with van der Waals surface area (Å²) in [6.07, 6.45) is 7.50. The Morgan fingerprint density at radius 1 is 1.04 bits per heavy atom. The first-order valence-corrected chi connectivity index (χ1v) is 8.73. The van der Waals surface area contributed by atoms with Crippen LogP contribution in [-0.2, 0) is 6.42 Å². The Bertz CT molecular complexity index is 665. The smallest absolute Gasteiger partial charge is 0.259 e. The lowest BCUT2D eigenvalue weighted by Gasteiger charge is -2.08. The molecule has 0 atom stereocenters. The first-order chi connectivity index (χ1) is 11.6. The topological polar surface area (TPSA) is 68.0 Å². The van der Waals surface area contributed by atoms with Crippen molar-refractivity contribution < 1.29 is 4.79 Å². The molecule has 0 saturated carbocycles. The third kappa shape index (κ3) is 5.37. The van der Waals surface area contributed by atoms with Gasteiger partial charge in [0.25, 0.3) is 5.91 Å². The third-order valence-corrected chi connectivity index (χ3v) is 4.09. The lowest BCUT2D eigenvalue weighted by Crippen LogP contribution is -2.15. The van der Waals surface area contributed by atoms with Gasteiger partial charge in [0.05, 0.1) is 5.56 Å². The van der Waals surface area contributed by atoms with Gasteiger partial charge in [-0.2, -0.15) is 0 Å². The molecule has 3 N–H and O–H groups in total. The lowest BCUT2D eigenvalue weighted by atomic mass is 10.1. The number of pyridine rings is 1. The summed E-state index contributed by atoms with van der Waals surface area (Å²) >= 11 is 0. The van der Waals surface area contributed by atoms with Crippen molar-refractivity contribution in [3.05, 3.63) is 53.2 Å². The van der Waals surface area contributed by atoms with Crippen LogP contribution in [0.25, 0.3) is 0 Å². The number of carbonyl (C=O) groups is 1. The summed E-state index contributed by atoms with van der Waals surface area (Å²) in [5.74, 6) is 0.0310. The van der Waals surface area contributed by atoms with E-state index in [4.69, 9.17) is 5.73 Å². The number of carbonyl (C=O) groups excluding carboxylic acids is 1. The number of unbranched alkanes of at least 4 members (excludes halogenated alkanes) is 4. The van der Waals surface area contributed by atoms with Crippen LogP contribution in [0, 0.1) is 6.92 Å². The standard InChI is InChI=1S/C20H27N3O/c1-3-4-5-6-7-8-16-10-12-17(13-11-16)23-20(24)18-14-9-15(2)22-19(18)21/h9-14H,3-8H2,1-2H3,(H2,21,22)(H,23,24). The maximum absolute atomic E-state index is 12.3. The number of hydrogen-bond donors (Lipinski definition) is 2. The van der Waals surface area contributed by atoms with Crippen molar-refractivity contribution in [3.8, 4) is 0 Å². The molecular weight excluding hydrogens is 298 g/mol. The molecule has 1 heterocycles. The van der Waals surface area contributed by atoms with Crippen molar-refractivity contribution in [1.29, 1.82) is 0 Å². The normalized spacial score (nSPS) is 10.6. The number of anilines is 2. The molecule has 0 radical (unpaired) electrons. The van der Waals surface area contributed by atoms with Gasteiger partial charge >= 0.3 is 0 Å². The van der Waals surface area contributed by atoms with E-state index in [1.807, 2.05) is 19.1 Å². The Morgan fingerprint density at radius 2 is 1.75 bits per heavy atom. The first-order valence-electron chi connectivity index (χ1n) is 8.73. The third-order valence-electron chi connectivity index (χ3n) is 4.09. The number of nitrogen functional groups attached to an aromatic ring is 1. The van der Waals surface area contributed by atoms with Crippen LogP contribution in [-0.4, -0.2) is 10.9 Å². The van der Waals surface area contributed by atoms with Gasteiger partial charge in [0, 0.05) is 11.4 Å². The largest absolute Gasteiger partial charge is 0.383 e. The Kier molecular flexibility index (Phi) is 6.79. The molecule has 4 nitrogen and oxygen atoms in total. The van der Waals surface area contributed by atoms with E-state index in [-0.39, 0.29) is 11.7 Å². The molecule has 0 aliphatic rings. The highest BCUT2D eigenvalue weighted by atomic mass is 16.1. The number of amides is 1. The van der Waals surface area contributed by atoms with Crippen LogP contribution < -0.4 is 11.1 Å². The number of aromatic nitrogens is 1. The van der Waals surface area contributed by atoms with Crippen LogP contribution in [0.3, 0.4) is 0 Å². The molecule has 0 saturated heterocycles. The summed E-state index contributed by atoms with van der Waals surface area (Å²) in [4.78, 5) is 16.4. The van der Waals surface area contributed by atoms with Gasteiger partial charge < -0.3 is 11.1 Å². The van der Waals surface area contributed by atoms with Gasteiger partial charge in [0.15, 0.2) is 0 Å². The molecule has 128 valence electrons. The number of benzene rings is 1. The van der Waals surface area contributed by atoms with Crippen molar-refractivity contribution in [2.24, 2.45) is 0 Å². The van der Waals surface area contributed by atoms with Crippen LogP contribution in [0.15, 0.2) is 36.4 Å². The van der Waals surface area contributed by atoms with E-state index < -0.39 is 0 Å². The zero-order chi connectivity index (χ0) is 17.4. The monoisotopic (exact) mass is 325 g/mol. The molecule has 2 aromatic rings. The SMILES string of the molecule is CCCCCCCc1ccc(NC(=O)c2ccc(C)nc2N)cc1. The van der Waals surface area contributed by atoms with Crippen molar-refractivity contribution in [2.45, 2.75) is 52.4 Å².